The first kappa shape index (κ1) is 22.5. The average molecular weight is 474 g/mol. The highest BCUT2D eigenvalue weighted by Crippen LogP contribution is 2.26. The second kappa shape index (κ2) is 9.52. The molecule has 3 aliphatic heterocycles. The van der Waals surface area contributed by atoms with E-state index in [2.05, 4.69) is 15.1 Å². The standard InChI is InChI=1S/C23H31N5O4S/c29-23(27-16-10-19(11-17-27)26-12-2-1-3-13-26)22-25-24-21(32-22)18-6-8-20(9-7-18)33(30,31)28-14-4-5-15-28/h6-9,19H,1-5,10-17H2. The summed E-state index contributed by atoms with van der Waals surface area (Å²) >= 11 is 0. The van der Waals surface area contributed by atoms with Crippen molar-refractivity contribution in [2.45, 2.75) is 55.9 Å². The summed E-state index contributed by atoms with van der Waals surface area (Å²) in [6, 6.07) is 6.96. The predicted octanol–water partition coefficient (Wildman–Crippen LogP) is 2.61. The van der Waals surface area contributed by atoms with Crippen LogP contribution in [0.4, 0.5) is 0 Å². The largest absolute Gasteiger partial charge is 0.412 e. The van der Waals surface area contributed by atoms with Gasteiger partial charge in [0, 0.05) is 37.8 Å². The van der Waals surface area contributed by atoms with Gasteiger partial charge in [-0.1, -0.05) is 6.42 Å². The van der Waals surface area contributed by atoms with Gasteiger partial charge in [-0.3, -0.25) is 4.79 Å². The number of carbonyl (C=O) groups is 1. The van der Waals surface area contributed by atoms with Crippen molar-refractivity contribution < 1.29 is 17.6 Å². The molecule has 0 unspecified atom stereocenters. The van der Waals surface area contributed by atoms with Crippen LogP contribution in [-0.4, -0.2) is 83.9 Å². The van der Waals surface area contributed by atoms with Crippen LogP contribution in [0.25, 0.3) is 11.5 Å². The molecule has 4 heterocycles. The summed E-state index contributed by atoms with van der Waals surface area (Å²) in [6.45, 7) is 4.86. The Labute approximate surface area is 194 Å². The number of rotatable bonds is 5. The van der Waals surface area contributed by atoms with E-state index < -0.39 is 10.0 Å². The summed E-state index contributed by atoms with van der Waals surface area (Å²) in [5.41, 5.74) is 0.589. The normalized spacial score (nSPS) is 21.5. The number of aromatic nitrogens is 2. The molecule has 0 aliphatic carbocycles. The van der Waals surface area contributed by atoms with Crippen LogP contribution >= 0.6 is 0 Å². The molecule has 3 aliphatic rings. The van der Waals surface area contributed by atoms with Crippen molar-refractivity contribution in [1.29, 1.82) is 0 Å². The van der Waals surface area contributed by atoms with Crippen LogP contribution in [0, 0.1) is 0 Å². The lowest BCUT2D eigenvalue weighted by Gasteiger charge is -2.39. The first-order valence-electron chi connectivity index (χ1n) is 12.0. The molecular weight excluding hydrogens is 442 g/mol. The number of amides is 1. The van der Waals surface area contributed by atoms with Gasteiger partial charge in [-0.15, -0.1) is 10.2 Å². The minimum absolute atomic E-state index is 0.0183. The Balaban J connectivity index is 1.21. The summed E-state index contributed by atoms with van der Waals surface area (Å²) in [6.07, 6.45) is 7.60. The Hall–Kier alpha value is -2.30. The number of benzene rings is 1. The maximum atomic E-state index is 12.9. The van der Waals surface area contributed by atoms with E-state index in [0.717, 1.165) is 25.7 Å². The molecule has 178 valence electrons. The fourth-order valence-corrected chi connectivity index (χ4v) is 6.64. The molecule has 0 saturated carbocycles. The lowest BCUT2D eigenvalue weighted by molar-refractivity contribution is 0.0556. The molecule has 0 N–H and O–H groups in total. The first-order valence-corrected chi connectivity index (χ1v) is 13.4. The zero-order valence-corrected chi connectivity index (χ0v) is 19.7. The minimum atomic E-state index is -3.47. The van der Waals surface area contributed by atoms with Gasteiger partial charge in [-0.2, -0.15) is 4.31 Å². The Morgan fingerprint density at radius 3 is 2.15 bits per heavy atom. The van der Waals surface area contributed by atoms with Gasteiger partial charge < -0.3 is 14.2 Å². The first-order chi connectivity index (χ1) is 16.0. The van der Waals surface area contributed by atoms with Crippen LogP contribution in [0.1, 0.15) is 55.6 Å². The molecule has 3 saturated heterocycles. The van der Waals surface area contributed by atoms with E-state index in [1.54, 1.807) is 29.2 Å². The van der Waals surface area contributed by atoms with Crippen LogP contribution < -0.4 is 0 Å². The minimum Gasteiger partial charge on any atom is -0.412 e. The summed E-state index contributed by atoms with van der Waals surface area (Å²) < 4.78 is 32.6. The second-order valence-corrected chi connectivity index (χ2v) is 11.1. The molecule has 0 radical (unpaired) electrons. The highest BCUT2D eigenvalue weighted by molar-refractivity contribution is 7.89. The maximum Gasteiger partial charge on any atom is 0.311 e. The van der Waals surface area contributed by atoms with Gasteiger partial charge in [0.05, 0.1) is 4.90 Å². The van der Waals surface area contributed by atoms with Crippen LogP contribution in [0.2, 0.25) is 0 Å². The average Bonchev–Trinajstić information content (AvgIpc) is 3.58. The quantitative estimate of drug-likeness (QED) is 0.658. The van der Waals surface area contributed by atoms with E-state index in [-0.39, 0.29) is 22.6 Å². The molecular formula is C23H31N5O4S. The maximum absolute atomic E-state index is 12.9. The molecule has 3 fully saturated rings. The summed E-state index contributed by atoms with van der Waals surface area (Å²) in [5.74, 6) is -0.0408. The monoisotopic (exact) mass is 473 g/mol. The fourth-order valence-electron chi connectivity index (χ4n) is 5.13. The summed E-state index contributed by atoms with van der Waals surface area (Å²) in [7, 11) is -3.47. The fraction of sp³-hybridized carbons (Fsp3) is 0.609. The molecule has 0 spiro atoms. The molecule has 0 atom stereocenters. The molecule has 0 bridgehead atoms. The summed E-state index contributed by atoms with van der Waals surface area (Å²) in [4.78, 5) is 17.5. The van der Waals surface area contributed by atoms with Gasteiger partial charge >= 0.3 is 11.8 Å². The number of likely N-dealkylation sites (tertiary alicyclic amines) is 2. The van der Waals surface area contributed by atoms with Gasteiger partial charge in [0.1, 0.15) is 0 Å². The molecule has 9 nitrogen and oxygen atoms in total. The van der Waals surface area contributed by atoms with Crippen molar-refractivity contribution in [1.82, 2.24) is 24.3 Å². The van der Waals surface area contributed by atoms with Gasteiger partial charge in [0.2, 0.25) is 15.9 Å². The van der Waals surface area contributed by atoms with Crippen molar-refractivity contribution >= 4 is 15.9 Å². The molecule has 33 heavy (non-hydrogen) atoms. The van der Waals surface area contributed by atoms with E-state index in [1.165, 1.54) is 36.7 Å². The second-order valence-electron chi connectivity index (χ2n) is 9.17. The summed E-state index contributed by atoms with van der Waals surface area (Å²) in [5, 5.41) is 7.99. The van der Waals surface area contributed by atoms with Crippen molar-refractivity contribution in [3.63, 3.8) is 0 Å². The predicted molar refractivity (Wildman–Crippen MR) is 122 cm³/mol. The van der Waals surface area contributed by atoms with Crippen molar-refractivity contribution in [2.24, 2.45) is 0 Å². The van der Waals surface area contributed by atoms with E-state index in [4.69, 9.17) is 4.42 Å². The van der Waals surface area contributed by atoms with E-state index in [1.807, 2.05) is 0 Å². The van der Waals surface area contributed by atoms with Gasteiger partial charge in [-0.05, 0) is 75.9 Å². The van der Waals surface area contributed by atoms with Crippen LogP contribution in [0.15, 0.2) is 33.6 Å². The van der Waals surface area contributed by atoms with Gasteiger partial charge in [0.25, 0.3) is 0 Å². The van der Waals surface area contributed by atoms with E-state index in [9.17, 15) is 13.2 Å². The van der Waals surface area contributed by atoms with E-state index in [0.29, 0.717) is 37.8 Å². The van der Waals surface area contributed by atoms with Crippen LogP contribution in [-0.2, 0) is 10.0 Å². The topological polar surface area (TPSA) is 99.8 Å². The Bertz CT molecular complexity index is 1060. The number of hydrogen-bond donors (Lipinski definition) is 0. The number of piperidine rings is 2. The van der Waals surface area contributed by atoms with Crippen LogP contribution in [0.5, 0.6) is 0 Å². The molecule has 2 aromatic rings. The molecule has 1 aromatic carbocycles. The third-order valence-corrected chi connectivity index (χ3v) is 8.98. The van der Waals surface area contributed by atoms with Gasteiger partial charge in [0.15, 0.2) is 0 Å². The highest BCUT2D eigenvalue weighted by Gasteiger charge is 2.31. The molecule has 1 amide bonds. The molecule has 1 aromatic heterocycles. The van der Waals surface area contributed by atoms with Crippen molar-refractivity contribution in [3.05, 3.63) is 30.2 Å². The number of carbonyl (C=O) groups excluding carboxylic acids is 1. The SMILES string of the molecule is O=C(c1nnc(-c2ccc(S(=O)(=O)N3CCCC3)cc2)o1)N1CCC(N2CCCCC2)CC1. The van der Waals surface area contributed by atoms with Crippen LogP contribution in [0.3, 0.4) is 0 Å². The lowest BCUT2D eigenvalue weighted by atomic mass is 10.00. The third kappa shape index (κ3) is 4.69. The highest BCUT2D eigenvalue weighted by atomic mass is 32.2. The Kier molecular flexibility index (Phi) is 6.49. The zero-order chi connectivity index (χ0) is 22.8. The Morgan fingerprint density at radius 2 is 1.48 bits per heavy atom. The number of sulfonamides is 1. The number of nitrogens with zero attached hydrogens (tertiary/aromatic N) is 5. The van der Waals surface area contributed by atoms with Crippen molar-refractivity contribution in [3.8, 4) is 11.5 Å². The van der Waals surface area contributed by atoms with Gasteiger partial charge in [-0.25, -0.2) is 8.42 Å². The third-order valence-electron chi connectivity index (χ3n) is 7.07. The zero-order valence-electron chi connectivity index (χ0n) is 18.9. The smallest absolute Gasteiger partial charge is 0.311 e. The van der Waals surface area contributed by atoms with Crippen molar-refractivity contribution in [2.75, 3.05) is 39.3 Å². The number of hydrogen-bond acceptors (Lipinski definition) is 7. The molecule has 10 heteroatoms. The molecule has 5 rings (SSSR count). The lowest BCUT2D eigenvalue weighted by Crippen LogP contribution is -2.48. The Morgan fingerprint density at radius 1 is 0.848 bits per heavy atom. The van der Waals surface area contributed by atoms with E-state index >= 15 is 0 Å².